The molecule has 5 rings (SSSR count). The van der Waals surface area contributed by atoms with Crippen molar-refractivity contribution in [1.82, 2.24) is 9.55 Å². The van der Waals surface area contributed by atoms with Gasteiger partial charge in [-0.2, -0.15) is 0 Å². The second-order valence-corrected chi connectivity index (χ2v) is 9.55. The van der Waals surface area contributed by atoms with Gasteiger partial charge in [0, 0.05) is 28.4 Å². The van der Waals surface area contributed by atoms with Gasteiger partial charge in [0.1, 0.15) is 11.4 Å². The van der Waals surface area contributed by atoms with Gasteiger partial charge in [0.2, 0.25) is 0 Å². The summed E-state index contributed by atoms with van der Waals surface area (Å²) in [5, 5.41) is 2.17. The molecule has 1 atom stereocenters. The Kier molecular flexibility index (Phi) is 6.29. The lowest BCUT2D eigenvalue weighted by atomic mass is 9.85. The molecule has 0 fully saturated rings. The number of ketones is 1. The Morgan fingerprint density at radius 2 is 1.91 bits per heavy atom. The number of benzene rings is 2. The summed E-state index contributed by atoms with van der Waals surface area (Å²) < 4.78 is 7.58. The lowest BCUT2D eigenvalue weighted by Crippen LogP contribution is -2.11. The highest BCUT2D eigenvalue weighted by atomic mass is 16.5. The van der Waals surface area contributed by atoms with Crippen molar-refractivity contribution in [3.8, 4) is 5.75 Å². The van der Waals surface area contributed by atoms with E-state index in [4.69, 9.17) is 9.72 Å². The summed E-state index contributed by atoms with van der Waals surface area (Å²) in [6, 6.07) is 17.8. The number of allylic oxidation sites excluding steroid dienone is 3. The monoisotopic (exact) mass is 464 g/mol. The van der Waals surface area contributed by atoms with E-state index in [1.807, 2.05) is 24.3 Å². The molecule has 0 saturated carbocycles. The van der Waals surface area contributed by atoms with E-state index in [0.717, 1.165) is 59.2 Å². The van der Waals surface area contributed by atoms with Crippen LogP contribution in [0.15, 0.2) is 78.4 Å². The van der Waals surface area contributed by atoms with Crippen molar-refractivity contribution in [2.24, 2.45) is 5.92 Å². The van der Waals surface area contributed by atoms with E-state index < -0.39 is 0 Å². The lowest BCUT2D eigenvalue weighted by molar-refractivity contribution is 0.103. The number of rotatable bonds is 7. The van der Waals surface area contributed by atoms with Crippen LogP contribution < -0.4 is 4.74 Å². The van der Waals surface area contributed by atoms with E-state index in [9.17, 15) is 4.79 Å². The second-order valence-electron chi connectivity index (χ2n) is 9.55. The zero-order valence-electron chi connectivity index (χ0n) is 20.8. The molecule has 4 nitrogen and oxygen atoms in total. The second kappa shape index (κ2) is 9.53. The van der Waals surface area contributed by atoms with Gasteiger partial charge in [0.15, 0.2) is 5.78 Å². The van der Waals surface area contributed by atoms with Gasteiger partial charge in [-0.15, -0.1) is 0 Å². The maximum absolute atomic E-state index is 13.5. The molecular weight excluding hydrogens is 432 g/mol. The number of ether oxygens (including phenoxy) is 1. The van der Waals surface area contributed by atoms with E-state index in [-0.39, 0.29) is 5.78 Å². The van der Waals surface area contributed by atoms with Crippen LogP contribution in [0.4, 0.5) is 0 Å². The number of hydrogen-bond acceptors (Lipinski definition) is 3. The SMILES string of the molecule is C=C(C)C1CC=C(Cn2c3ccccc3c3cc(C(=O)c4ccc(OC)cc4)c(CC)nc32)CC1. The highest BCUT2D eigenvalue weighted by Crippen LogP contribution is 2.34. The highest BCUT2D eigenvalue weighted by molar-refractivity contribution is 6.14. The van der Waals surface area contributed by atoms with E-state index in [1.165, 1.54) is 11.1 Å². The van der Waals surface area contributed by atoms with E-state index in [0.29, 0.717) is 23.5 Å². The molecule has 178 valence electrons. The first-order chi connectivity index (χ1) is 17.0. The quantitative estimate of drug-likeness (QED) is 0.213. The van der Waals surface area contributed by atoms with Crippen LogP contribution in [0.5, 0.6) is 5.75 Å². The van der Waals surface area contributed by atoms with Crippen LogP contribution in [0.1, 0.15) is 54.7 Å². The lowest BCUT2D eigenvalue weighted by Gasteiger charge is -2.23. The maximum atomic E-state index is 13.5. The van der Waals surface area contributed by atoms with Crippen molar-refractivity contribution >= 4 is 27.7 Å². The smallest absolute Gasteiger partial charge is 0.194 e. The van der Waals surface area contributed by atoms with Gasteiger partial charge in [0.25, 0.3) is 0 Å². The maximum Gasteiger partial charge on any atom is 0.194 e. The first-order valence-electron chi connectivity index (χ1n) is 12.4. The summed E-state index contributed by atoms with van der Waals surface area (Å²) >= 11 is 0. The van der Waals surface area contributed by atoms with Crippen LogP contribution in [-0.4, -0.2) is 22.4 Å². The van der Waals surface area contributed by atoms with Crippen molar-refractivity contribution < 1.29 is 9.53 Å². The van der Waals surface area contributed by atoms with Gasteiger partial charge >= 0.3 is 0 Å². The molecular formula is C31H32N2O2. The fraction of sp³-hybridized carbons (Fsp3) is 0.290. The van der Waals surface area contributed by atoms with Crippen LogP contribution in [0, 0.1) is 5.92 Å². The summed E-state index contributed by atoms with van der Waals surface area (Å²) in [7, 11) is 1.63. The number of carbonyl (C=O) groups is 1. The number of hydrogen-bond donors (Lipinski definition) is 0. The molecule has 4 aromatic rings. The molecule has 1 unspecified atom stereocenters. The molecule has 1 aliphatic carbocycles. The predicted molar refractivity (Wildman–Crippen MR) is 143 cm³/mol. The molecule has 2 heterocycles. The molecule has 35 heavy (non-hydrogen) atoms. The van der Waals surface area contributed by atoms with Crippen molar-refractivity contribution in [2.75, 3.05) is 7.11 Å². The summed E-state index contributed by atoms with van der Waals surface area (Å²) in [4.78, 5) is 18.6. The third kappa shape index (κ3) is 4.29. The zero-order valence-corrected chi connectivity index (χ0v) is 20.8. The minimum Gasteiger partial charge on any atom is -0.497 e. The highest BCUT2D eigenvalue weighted by Gasteiger charge is 2.21. The average molecular weight is 465 g/mol. The molecule has 4 heteroatoms. The Bertz CT molecular complexity index is 1460. The zero-order chi connectivity index (χ0) is 24.5. The van der Waals surface area contributed by atoms with Crippen molar-refractivity contribution in [1.29, 1.82) is 0 Å². The third-order valence-electron chi connectivity index (χ3n) is 7.32. The van der Waals surface area contributed by atoms with Crippen LogP contribution in [0.3, 0.4) is 0 Å². The number of pyridine rings is 1. The largest absolute Gasteiger partial charge is 0.497 e. The van der Waals surface area contributed by atoms with Crippen molar-refractivity contribution in [2.45, 2.75) is 46.1 Å². The molecule has 0 N–H and O–H groups in total. The van der Waals surface area contributed by atoms with Gasteiger partial charge < -0.3 is 9.30 Å². The fourth-order valence-corrected chi connectivity index (χ4v) is 5.20. The number of nitrogens with zero attached hydrogens (tertiary/aromatic N) is 2. The Hall–Kier alpha value is -3.66. The molecule has 0 amide bonds. The molecule has 1 aliphatic rings. The summed E-state index contributed by atoms with van der Waals surface area (Å²) in [5.74, 6) is 1.32. The van der Waals surface area contributed by atoms with Gasteiger partial charge in [-0.3, -0.25) is 4.79 Å². The molecule has 2 aromatic carbocycles. The summed E-state index contributed by atoms with van der Waals surface area (Å²) in [6.45, 7) is 9.18. The molecule has 0 aliphatic heterocycles. The van der Waals surface area contributed by atoms with Gasteiger partial charge in [0.05, 0.1) is 18.3 Å². The van der Waals surface area contributed by atoms with Crippen LogP contribution in [0.25, 0.3) is 21.9 Å². The summed E-state index contributed by atoms with van der Waals surface area (Å²) in [6.07, 6.45) is 6.39. The number of para-hydroxylation sites is 1. The standard InChI is InChI=1S/C31H32N2O2/c1-5-28-27(30(34)23-14-16-24(35-4)17-15-23)18-26-25-8-6-7-9-29(25)33(31(26)32-28)19-21-10-12-22(13-11-21)20(2)3/h6-10,14-18,22H,2,5,11-13,19H2,1,3-4H3. The van der Waals surface area contributed by atoms with E-state index in [1.54, 1.807) is 7.11 Å². The topological polar surface area (TPSA) is 44.1 Å². The van der Waals surface area contributed by atoms with E-state index in [2.05, 4.69) is 61.4 Å². The Morgan fingerprint density at radius 3 is 2.57 bits per heavy atom. The van der Waals surface area contributed by atoms with Crippen molar-refractivity contribution in [3.05, 3.63) is 95.2 Å². The Balaban J connectivity index is 1.60. The van der Waals surface area contributed by atoms with Crippen LogP contribution in [-0.2, 0) is 13.0 Å². The fourth-order valence-electron chi connectivity index (χ4n) is 5.20. The van der Waals surface area contributed by atoms with Crippen molar-refractivity contribution in [3.63, 3.8) is 0 Å². The van der Waals surface area contributed by atoms with Crippen LogP contribution in [0.2, 0.25) is 0 Å². The summed E-state index contributed by atoms with van der Waals surface area (Å²) in [5.41, 5.74) is 7.00. The first kappa shape index (κ1) is 23.1. The third-order valence-corrected chi connectivity index (χ3v) is 7.32. The minimum atomic E-state index is -0.00319. The first-order valence-corrected chi connectivity index (χ1v) is 12.4. The molecule has 0 radical (unpaired) electrons. The van der Waals surface area contributed by atoms with Gasteiger partial charge in [-0.1, -0.05) is 48.9 Å². The molecule has 0 bridgehead atoms. The average Bonchev–Trinajstić information content (AvgIpc) is 3.20. The van der Waals surface area contributed by atoms with E-state index >= 15 is 0 Å². The normalized spacial score (nSPS) is 15.9. The predicted octanol–water partition coefficient (Wildman–Crippen LogP) is 7.29. The molecule has 0 saturated heterocycles. The number of methoxy groups -OCH3 is 1. The number of carbonyl (C=O) groups excluding carboxylic acids is 1. The number of aryl methyl sites for hydroxylation is 1. The number of aromatic nitrogens is 2. The Morgan fingerprint density at radius 1 is 1.14 bits per heavy atom. The minimum absolute atomic E-state index is 0.00319. The molecule has 0 spiro atoms. The number of fused-ring (bicyclic) bond motifs is 3. The van der Waals surface area contributed by atoms with Gasteiger partial charge in [-0.05, 0) is 74.9 Å². The van der Waals surface area contributed by atoms with Gasteiger partial charge in [-0.25, -0.2) is 4.98 Å². The van der Waals surface area contributed by atoms with Crippen LogP contribution >= 0.6 is 0 Å². The Labute approximate surface area is 206 Å². The molecule has 2 aromatic heterocycles.